The monoisotopic (exact) mass is 252 g/mol. The number of carbonyl (C=O) groups excluding carboxylic acids is 1. The highest BCUT2D eigenvalue weighted by molar-refractivity contribution is 7.11. The van der Waals surface area contributed by atoms with Crippen LogP contribution in [-0.4, -0.2) is 48.3 Å². The van der Waals surface area contributed by atoms with Gasteiger partial charge in [0.2, 0.25) is 0 Å². The Balaban J connectivity index is 1.83. The highest BCUT2D eigenvalue weighted by Crippen LogP contribution is 2.16. The molecule has 0 N–H and O–H groups in total. The van der Waals surface area contributed by atoms with Crippen molar-refractivity contribution in [2.24, 2.45) is 0 Å². The van der Waals surface area contributed by atoms with E-state index in [1.165, 1.54) is 16.9 Å². The topological polar surface area (TPSA) is 23.6 Å². The number of thiophene rings is 1. The maximum atomic E-state index is 10.6. The molecule has 3 nitrogen and oxygen atoms in total. The summed E-state index contributed by atoms with van der Waals surface area (Å²) in [6.45, 7) is 10.1. The van der Waals surface area contributed by atoms with Crippen molar-refractivity contribution in [3.05, 3.63) is 21.9 Å². The van der Waals surface area contributed by atoms with Gasteiger partial charge in [0.25, 0.3) is 0 Å². The van der Waals surface area contributed by atoms with Crippen molar-refractivity contribution in [2.75, 3.05) is 26.2 Å². The van der Waals surface area contributed by atoms with E-state index in [1.807, 2.05) is 6.07 Å². The molecule has 2 heterocycles. The summed E-state index contributed by atoms with van der Waals surface area (Å²) in [4.78, 5) is 16.4. The van der Waals surface area contributed by atoms with E-state index in [9.17, 15) is 4.79 Å². The molecule has 0 saturated carbocycles. The van der Waals surface area contributed by atoms with Gasteiger partial charge in [0.15, 0.2) is 6.29 Å². The Morgan fingerprint density at radius 3 is 2.59 bits per heavy atom. The van der Waals surface area contributed by atoms with Gasteiger partial charge in [-0.3, -0.25) is 14.6 Å². The van der Waals surface area contributed by atoms with Crippen molar-refractivity contribution in [1.82, 2.24) is 9.80 Å². The van der Waals surface area contributed by atoms with Crippen LogP contribution >= 0.6 is 11.3 Å². The van der Waals surface area contributed by atoms with E-state index in [-0.39, 0.29) is 0 Å². The molecular weight excluding hydrogens is 232 g/mol. The smallest absolute Gasteiger partial charge is 0.160 e. The molecule has 1 fully saturated rings. The van der Waals surface area contributed by atoms with Gasteiger partial charge in [0.05, 0.1) is 4.88 Å². The molecule has 0 spiro atoms. The van der Waals surface area contributed by atoms with Crippen LogP contribution in [0.15, 0.2) is 11.4 Å². The molecule has 2 rings (SSSR count). The Bertz CT molecular complexity index is 367. The maximum Gasteiger partial charge on any atom is 0.160 e. The van der Waals surface area contributed by atoms with Gasteiger partial charge in [-0.2, -0.15) is 0 Å². The highest BCUT2D eigenvalue weighted by atomic mass is 32.1. The molecule has 1 aromatic heterocycles. The van der Waals surface area contributed by atoms with Gasteiger partial charge in [-0.25, -0.2) is 0 Å². The number of hydrogen-bond donors (Lipinski definition) is 0. The van der Waals surface area contributed by atoms with E-state index in [0.717, 1.165) is 43.9 Å². The van der Waals surface area contributed by atoms with Crippen molar-refractivity contribution in [1.29, 1.82) is 0 Å². The fourth-order valence-electron chi connectivity index (χ4n) is 2.24. The first kappa shape index (κ1) is 12.7. The lowest BCUT2D eigenvalue weighted by Gasteiger charge is -2.36. The summed E-state index contributed by atoms with van der Waals surface area (Å²) < 4.78 is 0. The second-order valence-electron chi connectivity index (χ2n) is 4.88. The summed E-state index contributed by atoms with van der Waals surface area (Å²) in [7, 11) is 0. The molecule has 0 aliphatic carbocycles. The average molecular weight is 252 g/mol. The fourth-order valence-corrected chi connectivity index (χ4v) is 2.94. The zero-order valence-corrected chi connectivity index (χ0v) is 11.4. The van der Waals surface area contributed by atoms with Crippen LogP contribution in [0.2, 0.25) is 0 Å². The number of piperazine rings is 1. The first-order chi connectivity index (χ1) is 8.19. The predicted octanol–water partition coefficient (Wildman–Crippen LogP) is 2.09. The van der Waals surface area contributed by atoms with E-state index < -0.39 is 0 Å². The van der Waals surface area contributed by atoms with Gasteiger partial charge >= 0.3 is 0 Å². The van der Waals surface area contributed by atoms with Gasteiger partial charge in [-0.05, 0) is 30.9 Å². The maximum absolute atomic E-state index is 10.6. The lowest BCUT2D eigenvalue weighted by atomic mass is 10.2. The van der Waals surface area contributed by atoms with Gasteiger partial charge in [0, 0.05) is 38.8 Å². The number of nitrogens with zero attached hydrogens (tertiary/aromatic N) is 2. The molecule has 94 valence electrons. The van der Waals surface area contributed by atoms with E-state index in [4.69, 9.17) is 0 Å². The minimum atomic E-state index is 0.653. The molecule has 0 unspecified atom stereocenters. The minimum Gasteiger partial charge on any atom is -0.298 e. The summed E-state index contributed by atoms with van der Waals surface area (Å²) in [5.41, 5.74) is 1.27. The van der Waals surface area contributed by atoms with E-state index >= 15 is 0 Å². The van der Waals surface area contributed by atoms with Gasteiger partial charge < -0.3 is 0 Å². The normalized spacial score (nSPS) is 18.8. The Labute approximate surface area is 107 Å². The zero-order chi connectivity index (χ0) is 12.3. The number of rotatable bonds is 4. The quantitative estimate of drug-likeness (QED) is 0.767. The molecule has 0 bridgehead atoms. The number of aldehydes is 1. The van der Waals surface area contributed by atoms with Crippen molar-refractivity contribution < 1.29 is 4.79 Å². The standard InChI is InChI=1S/C13H20N2OS/c1-11(2)15-5-3-14(4-6-15)8-12-7-13(9-16)17-10-12/h7,9-11H,3-6,8H2,1-2H3. The molecule has 0 atom stereocenters. The summed E-state index contributed by atoms with van der Waals surface area (Å²) in [6.07, 6.45) is 0.935. The van der Waals surface area contributed by atoms with E-state index in [0.29, 0.717) is 6.04 Å². The lowest BCUT2D eigenvalue weighted by Crippen LogP contribution is -2.48. The molecule has 17 heavy (non-hydrogen) atoms. The lowest BCUT2D eigenvalue weighted by molar-refractivity contribution is 0.104. The van der Waals surface area contributed by atoms with Crippen LogP contribution in [0, 0.1) is 0 Å². The van der Waals surface area contributed by atoms with Crippen molar-refractivity contribution in [3.8, 4) is 0 Å². The Morgan fingerprint density at radius 1 is 1.35 bits per heavy atom. The average Bonchev–Trinajstić information content (AvgIpc) is 2.77. The second-order valence-corrected chi connectivity index (χ2v) is 5.82. The number of carbonyl (C=O) groups is 1. The molecular formula is C13H20N2OS. The summed E-state index contributed by atoms with van der Waals surface area (Å²) in [5, 5.41) is 2.10. The van der Waals surface area contributed by atoms with Crippen molar-refractivity contribution in [2.45, 2.75) is 26.4 Å². The third-order valence-corrected chi connectivity index (χ3v) is 4.24. The molecule has 0 aromatic carbocycles. The number of hydrogen-bond acceptors (Lipinski definition) is 4. The molecule has 1 saturated heterocycles. The van der Waals surface area contributed by atoms with Crippen LogP contribution in [0.4, 0.5) is 0 Å². The van der Waals surface area contributed by atoms with Gasteiger partial charge in [0.1, 0.15) is 0 Å². The molecule has 1 aliphatic rings. The van der Waals surface area contributed by atoms with Crippen molar-refractivity contribution in [3.63, 3.8) is 0 Å². The third-order valence-electron chi connectivity index (χ3n) is 3.33. The summed E-state index contributed by atoms with van der Waals surface area (Å²) in [6, 6.07) is 2.66. The van der Waals surface area contributed by atoms with Crippen LogP contribution in [0.3, 0.4) is 0 Å². The van der Waals surface area contributed by atoms with Crippen LogP contribution in [0.25, 0.3) is 0 Å². The fraction of sp³-hybridized carbons (Fsp3) is 0.615. The predicted molar refractivity (Wildman–Crippen MR) is 71.7 cm³/mol. The molecule has 4 heteroatoms. The third kappa shape index (κ3) is 3.37. The van der Waals surface area contributed by atoms with E-state index in [1.54, 1.807) is 0 Å². The highest BCUT2D eigenvalue weighted by Gasteiger charge is 2.18. The Kier molecular flexibility index (Phi) is 4.31. The van der Waals surface area contributed by atoms with Crippen LogP contribution in [-0.2, 0) is 6.54 Å². The largest absolute Gasteiger partial charge is 0.298 e. The van der Waals surface area contributed by atoms with E-state index in [2.05, 4.69) is 29.0 Å². The minimum absolute atomic E-state index is 0.653. The molecule has 0 radical (unpaired) electrons. The summed E-state index contributed by atoms with van der Waals surface area (Å²) >= 11 is 1.54. The second kappa shape index (κ2) is 5.76. The summed E-state index contributed by atoms with van der Waals surface area (Å²) in [5.74, 6) is 0. The molecule has 0 amide bonds. The van der Waals surface area contributed by atoms with Crippen LogP contribution in [0.1, 0.15) is 29.1 Å². The van der Waals surface area contributed by atoms with Crippen LogP contribution < -0.4 is 0 Å². The Morgan fingerprint density at radius 2 is 2.06 bits per heavy atom. The first-order valence-corrected chi connectivity index (χ1v) is 7.06. The van der Waals surface area contributed by atoms with Gasteiger partial charge in [-0.1, -0.05) is 0 Å². The van der Waals surface area contributed by atoms with Crippen molar-refractivity contribution >= 4 is 17.6 Å². The zero-order valence-electron chi connectivity index (χ0n) is 10.6. The molecule has 1 aliphatic heterocycles. The van der Waals surface area contributed by atoms with Crippen LogP contribution in [0.5, 0.6) is 0 Å². The molecule has 1 aromatic rings. The Hall–Kier alpha value is -0.710. The first-order valence-electron chi connectivity index (χ1n) is 6.18. The van der Waals surface area contributed by atoms with Gasteiger partial charge in [-0.15, -0.1) is 11.3 Å². The SMILES string of the molecule is CC(C)N1CCN(Cc2csc(C=O)c2)CC1.